The molecule has 5 rings (SSSR count). The van der Waals surface area contributed by atoms with Gasteiger partial charge in [0, 0.05) is 87.8 Å². The SMILES string of the molecule is CN(C)CCN(C)c1cc(OC(F)F)c(N)cc1[N+](=O)[O-].CNCCN(C)C.Nc1cc([N+](=O)[O-])c(F)cc1OC(F)F.Nc1ccc(F)cc1OC(F)F.O=C([O-])C(F)(F)Cl.O=[N+]([O-])c1ccc(F)cc1O.O=[N+]([O-])c1ccc(F)cc1OC(F)F.[Na+]. The molecule has 0 amide bonds. The minimum atomic E-state index is -4.22. The van der Waals surface area contributed by atoms with Crippen LogP contribution < -0.4 is 81.0 Å². The second-order valence-electron chi connectivity index (χ2n) is 16.1. The molecule has 8 N–H and O–H groups in total. The van der Waals surface area contributed by atoms with Gasteiger partial charge in [-0.2, -0.15) is 48.3 Å². The molecule has 0 aliphatic carbocycles. The summed E-state index contributed by atoms with van der Waals surface area (Å²) in [6, 6.07) is 10.9. The number of carboxylic acid groups (broad SMARTS) is 1. The molecule has 0 heterocycles. The van der Waals surface area contributed by atoms with E-state index in [4.69, 9.17) is 32.2 Å². The van der Waals surface area contributed by atoms with Crippen molar-refractivity contribution >= 4 is 63.1 Å². The van der Waals surface area contributed by atoms with E-state index in [-0.39, 0.29) is 63.8 Å². The van der Waals surface area contributed by atoms with Crippen molar-refractivity contribution < 1.29 is 145 Å². The topological polar surface area (TPSA) is 370 Å². The first-order chi connectivity index (χ1) is 40.0. The van der Waals surface area contributed by atoms with Crippen LogP contribution in [0.5, 0.6) is 28.7 Å². The number of aliphatic carboxylic acids is 1. The summed E-state index contributed by atoms with van der Waals surface area (Å²) in [5.41, 5.74) is 13.1. The monoisotopic (exact) mass is 1320 g/mol. The van der Waals surface area contributed by atoms with Crippen molar-refractivity contribution in [3.8, 4) is 28.7 Å². The van der Waals surface area contributed by atoms with Gasteiger partial charge in [-0.1, -0.05) is 0 Å². The molecule has 0 saturated carbocycles. The number of nitrogens with zero attached hydrogens (tertiary/aromatic N) is 7. The van der Waals surface area contributed by atoms with Crippen LogP contribution in [0.3, 0.4) is 0 Å². The zero-order chi connectivity index (χ0) is 67.8. The Morgan fingerprint density at radius 3 is 1.27 bits per heavy atom. The van der Waals surface area contributed by atoms with Gasteiger partial charge < -0.3 is 71.2 Å². The van der Waals surface area contributed by atoms with E-state index < -0.39 is 121 Å². The molecule has 0 radical (unpaired) electrons. The summed E-state index contributed by atoms with van der Waals surface area (Å²) >= 11 is 3.87. The van der Waals surface area contributed by atoms with E-state index >= 15 is 0 Å². The van der Waals surface area contributed by atoms with E-state index in [1.807, 2.05) is 26.0 Å². The molecule has 0 bridgehead atoms. The molecule has 0 saturated heterocycles. The van der Waals surface area contributed by atoms with Crippen LogP contribution in [0.25, 0.3) is 0 Å². The largest absolute Gasteiger partial charge is 1.00 e. The fourth-order valence-electron chi connectivity index (χ4n) is 5.11. The van der Waals surface area contributed by atoms with Crippen LogP contribution in [0.4, 0.5) is 107 Å². The van der Waals surface area contributed by atoms with Gasteiger partial charge in [-0.3, -0.25) is 40.5 Å². The first-order valence-electron chi connectivity index (χ1n) is 22.7. The molecule has 0 spiro atoms. The number of anilines is 4. The van der Waals surface area contributed by atoms with Gasteiger partial charge >= 0.3 is 78.4 Å². The van der Waals surface area contributed by atoms with Crippen LogP contribution in [-0.4, -0.2) is 141 Å². The summed E-state index contributed by atoms with van der Waals surface area (Å²) in [6.07, 6.45) is 0. The molecule has 0 unspecified atom stereocenters. The molecular formula is C46H51ClF14N11NaO15. The third-order valence-corrected chi connectivity index (χ3v) is 9.16. The van der Waals surface area contributed by atoms with E-state index in [1.165, 1.54) is 0 Å². The number of ether oxygens (including phenoxy) is 4. The Balaban J connectivity index is -0.000000983. The fraction of sp³-hybridized carbons (Fsp3) is 0.326. The maximum absolute atomic E-state index is 12.9. The number of carbonyl (C=O) groups is 1. The molecule has 26 nitrogen and oxygen atoms in total. The predicted molar refractivity (Wildman–Crippen MR) is 280 cm³/mol. The molecule has 0 aromatic heterocycles. The maximum Gasteiger partial charge on any atom is 1.00 e. The normalized spacial score (nSPS) is 10.4. The number of benzene rings is 5. The van der Waals surface area contributed by atoms with Crippen LogP contribution in [0.15, 0.2) is 78.9 Å². The number of nitrogens with one attached hydrogen (secondary N) is 1. The summed E-state index contributed by atoms with van der Waals surface area (Å²) in [4.78, 5) is 53.0. The van der Waals surface area contributed by atoms with Gasteiger partial charge in [-0.15, -0.1) is 0 Å². The molecule has 0 aliphatic rings. The Morgan fingerprint density at radius 1 is 0.557 bits per heavy atom. The molecule has 5 aromatic rings. The number of phenols is 1. The van der Waals surface area contributed by atoms with Crippen LogP contribution >= 0.6 is 11.6 Å². The summed E-state index contributed by atoms with van der Waals surface area (Å²) in [6.45, 7) is -9.12. The molecule has 42 heteroatoms. The van der Waals surface area contributed by atoms with Gasteiger partial charge in [0.2, 0.25) is 11.6 Å². The average molecular weight is 1320 g/mol. The number of nitro benzene ring substituents is 4. The minimum Gasteiger partial charge on any atom is -0.543 e. The van der Waals surface area contributed by atoms with Crippen molar-refractivity contribution in [1.82, 2.24) is 15.1 Å². The van der Waals surface area contributed by atoms with Crippen molar-refractivity contribution in [1.29, 1.82) is 0 Å². The number of carboxylic acids is 1. The van der Waals surface area contributed by atoms with Crippen molar-refractivity contribution in [2.45, 2.75) is 31.8 Å². The smallest absolute Gasteiger partial charge is 0.543 e. The summed E-state index contributed by atoms with van der Waals surface area (Å²) in [5, 5.41) is 58.3. The third-order valence-electron chi connectivity index (χ3n) is 9.01. The number of nitro groups is 4. The fourth-order valence-corrected chi connectivity index (χ4v) is 5.11. The van der Waals surface area contributed by atoms with Gasteiger partial charge in [0.15, 0.2) is 23.0 Å². The first-order valence-corrected chi connectivity index (χ1v) is 23.1. The van der Waals surface area contributed by atoms with Crippen molar-refractivity contribution in [2.75, 3.05) is 90.6 Å². The molecular weight excluding hydrogens is 1270 g/mol. The number of nitrogen functional groups attached to an aromatic ring is 3. The standard InChI is InChI=1S/C12H18F2N4O3.C7H5F3N2O3.C7H4F3NO3.C7H6F3NO.C6H4FNO3.C5H14N2.C2HClF2O2.Na/c1-16(2)4-5-17(3)9-7-11(21-12(13)14)8(15)6-10(9)18(19)20;8-3-1-6(15-7(9)10)4(11)2-5(3)12(13)14;8-4-1-2-5(11(12)13)6(3-4)14-7(9)10;8-4-1-2-5(11)6(3-4)12-7(9)10;7-4-1-2-5(8(10)11)6(9)3-4;1-6-4-5-7(2)3;3-2(4,5)1(6)7;/h6-7,12H,4-5,15H2,1-3H3;1-2,7H,11H2;1-3,7H;1-3,7H,11H2;1-3,9H;6H,4-5H2,1-3H3;(H,6,7);/q;;;;;;;+1/p-1. The van der Waals surface area contributed by atoms with Crippen molar-refractivity contribution in [3.05, 3.63) is 143 Å². The number of hydrogen-bond donors (Lipinski definition) is 5. The maximum atomic E-state index is 12.9. The number of aromatic hydroxyl groups is 1. The molecule has 0 aliphatic heterocycles. The second kappa shape index (κ2) is 41.6. The predicted octanol–water partition coefficient (Wildman–Crippen LogP) is 5.82. The van der Waals surface area contributed by atoms with Gasteiger partial charge in [-0.05, 0) is 71.1 Å². The zero-order valence-corrected chi connectivity index (χ0v) is 49.1. The number of phenolic OH excluding ortho intramolecular Hbond substituents is 1. The number of likely N-dealkylation sites (N-methyl/N-ethyl adjacent to an activating group) is 4. The van der Waals surface area contributed by atoms with Crippen molar-refractivity contribution in [3.63, 3.8) is 0 Å². The van der Waals surface area contributed by atoms with Crippen LogP contribution in [0.2, 0.25) is 0 Å². The summed E-state index contributed by atoms with van der Waals surface area (Å²) in [5.74, 6) is -8.81. The Labute approximate surface area is 514 Å². The van der Waals surface area contributed by atoms with E-state index in [1.54, 1.807) is 11.9 Å². The van der Waals surface area contributed by atoms with Gasteiger partial charge in [0.05, 0.1) is 36.8 Å². The van der Waals surface area contributed by atoms with E-state index in [0.29, 0.717) is 37.4 Å². The van der Waals surface area contributed by atoms with Gasteiger partial charge in [0.1, 0.15) is 29.1 Å². The molecule has 88 heavy (non-hydrogen) atoms. The zero-order valence-electron chi connectivity index (χ0n) is 46.3. The Morgan fingerprint density at radius 2 is 0.909 bits per heavy atom. The number of alkyl halides is 11. The van der Waals surface area contributed by atoms with Crippen LogP contribution in [0, 0.1) is 63.7 Å². The quantitative estimate of drug-likeness (QED) is 0.0153. The van der Waals surface area contributed by atoms with Crippen molar-refractivity contribution in [2.24, 2.45) is 0 Å². The van der Waals surface area contributed by atoms with E-state index in [2.05, 4.69) is 54.9 Å². The number of nitrogens with two attached hydrogens (primary N) is 3. The molecule has 0 atom stereocenters. The summed E-state index contributed by atoms with van der Waals surface area (Å²) in [7, 11) is 11.4. The van der Waals surface area contributed by atoms with Gasteiger partial charge in [0.25, 0.3) is 5.69 Å². The Kier molecular flexibility index (Phi) is 39.6. The number of rotatable bonds is 20. The minimum absolute atomic E-state index is 0. The van der Waals surface area contributed by atoms with E-state index in [9.17, 15) is 102 Å². The Bertz CT molecular complexity index is 3010. The number of hydrogen-bond acceptors (Lipinski definition) is 22. The Hall–Kier alpha value is -8.44. The van der Waals surface area contributed by atoms with E-state index in [0.717, 1.165) is 67.7 Å². The van der Waals surface area contributed by atoms with Crippen LogP contribution in [0.1, 0.15) is 0 Å². The molecule has 5 aromatic carbocycles. The first kappa shape index (κ1) is 83.8. The van der Waals surface area contributed by atoms with Crippen LogP contribution in [-0.2, 0) is 4.79 Å². The third kappa shape index (κ3) is 35.3. The molecule has 0 fully saturated rings. The van der Waals surface area contributed by atoms with Gasteiger partial charge in [-0.25, -0.2) is 13.2 Å². The summed E-state index contributed by atoms with van der Waals surface area (Å²) < 4.78 is 183. The number of carbonyl (C=O) groups excluding carboxylic acids is 1. The second-order valence-corrected chi connectivity index (χ2v) is 16.6. The molecule has 486 valence electrons. The average Bonchev–Trinajstić information content (AvgIpc) is 2.28. The number of halogens is 15.